The third-order valence-electron chi connectivity index (χ3n) is 9.27. The summed E-state index contributed by atoms with van der Waals surface area (Å²) in [6.45, 7) is 13.5. The van der Waals surface area contributed by atoms with Gasteiger partial charge in [0.15, 0.2) is 0 Å². The summed E-state index contributed by atoms with van der Waals surface area (Å²) in [5.41, 5.74) is 7.24. The van der Waals surface area contributed by atoms with E-state index in [1.54, 1.807) is 5.57 Å². The number of hydrogen-bond donors (Lipinski definition) is 3. The summed E-state index contributed by atoms with van der Waals surface area (Å²) in [6.07, 6.45) is 16.8. The fourth-order valence-electron chi connectivity index (χ4n) is 6.86. The standard InChI is InChI=1S/C31H50N2O5/c1-20(10-11-21(2)30(5,6)36)28-14-15-29-25(9-8-16-31(28,29)7)13-12-24-17-26(37-32-22(3)34)19-27(18-24)38-33-23(4)35/h10-13,20-21,26-29,36H,8-9,14-19H2,1-7H3,(H,32,34)(H,33,35)/b11-10+,24-12-,25-13+/t20-,21+,26-,27?,28-,29+,31-/m1/s1. The van der Waals surface area contributed by atoms with Gasteiger partial charge in [0.1, 0.15) is 0 Å². The molecule has 0 radical (unpaired) electrons. The van der Waals surface area contributed by atoms with Crippen LogP contribution in [0.4, 0.5) is 0 Å². The van der Waals surface area contributed by atoms with E-state index in [0.29, 0.717) is 24.2 Å². The minimum atomic E-state index is -0.704. The molecule has 0 saturated heterocycles. The number of nitrogens with one attached hydrogen (secondary N) is 2. The highest BCUT2D eigenvalue weighted by Gasteiger charge is 2.50. The largest absolute Gasteiger partial charge is 0.390 e. The minimum Gasteiger partial charge on any atom is -0.390 e. The molecule has 7 atom stereocenters. The first-order valence-electron chi connectivity index (χ1n) is 14.4. The molecule has 0 heterocycles. The monoisotopic (exact) mass is 530 g/mol. The number of carbonyl (C=O) groups is 2. The molecule has 214 valence electrons. The molecule has 2 amide bonds. The molecule has 0 aliphatic heterocycles. The van der Waals surface area contributed by atoms with E-state index >= 15 is 0 Å². The van der Waals surface area contributed by atoms with Gasteiger partial charge in [-0.05, 0) is 82.0 Å². The lowest BCUT2D eigenvalue weighted by Gasteiger charge is -2.44. The summed E-state index contributed by atoms with van der Waals surface area (Å²) >= 11 is 0. The number of hydrogen-bond acceptors (Lipinski definition) is 5. The lowest BCUT2D eigenvalue weighted by molar-refractivity contribution is -0.147. The molecule has 0 spiro atoms. The second-order valence-corrected chi connectivity index (χ2v) is 12.8. The van der Waals surface area contributed by atoms with Gasteiger partial charge in [-0.2, -0.15) is 0 Å². The van der Waals surface area contributed by atoms with Gasteiger partial charge in [-0.1, -0.05) is 56.2 Å². The molecule has 3 saturated carbocycles. The quantitative estimate of drug-likeness (QED) is 0.262. The Balaban J connectivity index is 1.73. The Morgan fingerprint density at radius 2 is 1.63 bits per heavy atom. The van der Waals surface area contributed by atoms with Crippen molar-refractivity contribution in [3.8, 4) is 0 Å². The average Bonchev–Trinajstić information content (AvgIpc) is 3.20. The van der Waals surface area contributed by atoms with Crippen LogP contribution < -0.4 is 11.0 Å². The van der Waals surface area contributed by atoms with Gasteiger partial charge >= 0.3 is 0 Å². The van der Waals surface area contributed by atoms with Crippen molar-refractivity contribution in [1.82, 2.24) is 11.0 Å². The van der Waals surface area contributed by atoms with Gasteiger partial charge in [-0.25, -0.2) is 11.0 Å². The van der Waals surface area contributed by atoms with Crippen LogP contribution in [0.25, 0.3) is 0 Å². The maximum Gasteiger partial charge on any atom is 0.240 e. The van der Waals surface area contributed by atoms with Crippen LogP contribution in [-0.2, 0) is 19.3 Å². The molecule has 1 unspecified atom stereocenters. The van der Waals surface area contributed by atoms with Crippen LogP contribution >= 0.6 is 0 Å². The van der Waals surface area contributed by atoms with E-state index in [2.05, 4.69) is 56.0 Å². The van der Waals surface area contributed by atoms with Crippen LogP contribution in [0.5, 0.6) is 0 Å². The summed E-state index contributed by atoms with van der Waals surface area (Å²) < 4.78 is 0. The van der Waals surface area contributed by atoms with Crippen molar-refractivity contribution in [2.24, 2.45) is 29.1 Å². The van der Waals surface area contributed by atoms with Crippen LogP contribution in [0.3, 0.4) is 0 Å². The predicted molar refractivity (Wildman–Crippen MR) is 149 cm³/mol. The van der Waals surface area contributed by atoms with Crippen molar-refractivity contribution in [1.29, 1.82) is 0 Å². The van der Waals surface area contributed by atoms with Crippen molar-refractivity contribution in [3.05, 3.63) is 35.5 Å². The van der Waals surface area contributed by atoms with Gasteiger partial charge < -0.3 is 5.11 Å². The summed E-state index contributed by atoms with van der Waals surface area (Å²) in [5.74, 6) is 1.34. The zero-order chi connectivity index (χ0) is 28.1. The number of allylic oxidation sites excluding steroid dienone is 4. The van der Waals surface area contributed by atoms with E-state index in [-0.39, 0.29) is 35.4 Å². The molecule has 3 N–H and O–H groups in total. The third-order valence-corrected chi connectivity index (χ3v) is 9.27. The smallest absolute Gasteiger partial charge is 0.240 e. The molecule has 0 bridgehead atoms. The first-order chi connectivity index (χ1) is 17.8. The normalized spacial score (nSPS) is 33.8. The number of carbonyl (C=O) groups excluding carboxylic acids is 2. The first kappa shape index (κ1) is 30.6. The van der Waals surface area contributed by atoms with Gasteiger partial charge in [0.25, 0.3) is 0 Å². The number of amides is 2. The number of aliphatic hydroxyl groups is 1. The molecular weight excluding hydrogens is 480 g/mol. The fourth-order valence-corrected chi connectivity index (χ4v) is 6.86. The lowest BCUT2D eigenvalue weighted by atomic mass is 9.61. The molecule has 3 aliphatic carbocycles. The minimum absolute atomic E-state index is 0.121. The number of hydroxylamine groups is 2. The van der Waals surface area contributed by atoms with Gasteiger partial charge in [0.2, 0.25) is 11.8 Å². The van der Waals surface area contributed by atoms with Crippen LogP contribution in [-0.4, -0.2) is 34.7 Å². The number of fused-ring (bicyclic) bond motifs is 1. The SMILES string of the molecule is CC(=O)NOC1C/C(=C\C=C2/CCC[C@]3(C)[C@@H]([C@H](C)/C=C/[C@H](C)C(C)(C)O)CC[C@@H]23)C[C@@H](ONC(C)=O)C1. The molecule has 0 aromatic carbocycles. The van der Waals surface area contributed by atoms with Crippen molar-refractivity contribution in [3.63, 3.8) is 0 Å². The van der Waals surface area contributed by atoms with E-state index in [0.717, 1.165) is 19.3 Å². The molecule has 3 fully saturated rings. The molecule has 0 aromatic heterocycles. The second kappa shape index (κ2) is 12.9. The summed E-state index contributed by atoms with van der Waals surface area (Å²) in [5, 5.41) is 10.3. The van der Waals surface area contributed by atoms with E-state index < -0.39 is 5.60 Å². The predicted octanol–water partition coefficient (Wildman–Crippen LogP) is 5.71. The van der Waals surface area contributed by atoms with Crippen molar-refractivity contribution in [2.75, 3.05) is 0 Å². The maximum absolute atomic E-state index is 11.4. The summed E-state index contributed by atoms with van der Waals surface area (Å²) in [6, 6.07) is 0. The Kier molecular flexibility index (Phi) is 10.4. The third kappa shape index (κ3) is 8.03. The van der Waals surface area contributed by atoms with Crippen molar-refractivity contribution >= 4 is 11.8 Å². The van der Waals surface area contributed by atoms with Crippen molar-refractivity contribution in [2.45, 2.75) is 118 Å². The second-order valence-electron chi connectivity index (χ2n) is 12.8. The summed E-state index contributed by atoms with van der Waals surface area (Å²) in [7, 11) is 0. The highest BCUT2D eigenvalue weighted by atomic mass is 16.7. The van der Waals surface area contributed by atoms with Crippen LogP contribution in [0.15, 0.2) is 35.5 Å². The highest BCUT2D eigenvalue weighted by Crippen LogP contribution is 2.59. The first-order valence-corrected chi connectivity index (χ1v) is 14.4. The van der Waals surface area contributed by atoms with E-state index in [1.807, 2.05) is 13.8 Å². The average molecular weight is 531 g/mol. The highest BCUT2D eigenvalue weighted by molar-refractivity contribution is 5.71. The van der Waals surface area contributed by atoms with Gasteiger partial charge in [-0.15, -0.1) is 0 Å². The van der Waals surface area contributed by atoms with E-state index in [1.165, 1.54) is 45.1 Å². The molecule has 3 rings (SSSR count). The van der Waals surface area contributed by atoms with Crippen LogP contribution in [0.2, 0.25) is 0 Å². The van der Waals surface area contributed by atoms with E-state index in [9.17, 15) is 14.7 Å². The molecule has 38 heavy (non-hydrogen) atoms. The Bertz CT molecular complexity index is 905. The van der Waals surface area contributed by atoms with Gasteiger partial charge in [0, 0.05) is 26.2 Å². The Morgan fingerprint density at radius 3 is 2.18 bits per heavy atom. The maximum atomic E-state index is 11.4. The Hall–Kier alpha value is -1.96. The van der Waals surface area contributed by atoms with Crippen LogP contribution in [0.1, 0.15) is 99.8 Å². The Labute approximate surface area is 229 Å². The van der Waals surface area contributed by atoms with Crippen molar-refractivity contribution < 1.29 is 24.4 Å². The molecule has 7 nitrogen and oxygen atoms in total. The van der Waals surface area contributed by atoms with Gasteiger partial charge in [0.05, 0.1) is 17.8 Å². The molecule has 7 heteroatoms. The zero-order valence-corrected chi connectivity index (χ0v) is 24.5. The van der Waals surface area contributed by atoms with Crippen LogP contribution in [0, 0.1) is 29.1 Å². The molecule has 3 aliphatic rings. The van der Waals surface area contributed by atoms with E-state index in [4.69, 9.17) is 9.68 Å². The zero-order valence-electron chi connectivity index (χ0n) is 24.5. The number of rotatable bonds is 9. The fraction of sp³-hybridized carbons (Fsp3) is 0.742. The molecular formula is C31H50N2O5. The Morgan fingerprint density at radius 1 is 1.03 bits per heavy atom. The molecule has 0 aromatic rings. The lowest BCUT2D eigenvalue weighted by Crippen LogP contribution is -2.38. The topological polar surface area (TPSA) is 96.9 Å². The van der Waals surface area contributed by atoms with Gasteiger partial charge in [-0.3, -0.25) is 19.3 Å². The summed E-state index contributed by atoms with van der Waals surface area (Å²) in [4.78, 5) is 34.0.